The SMILES string of the molecule is CCc1nn(-c2ccccc2)c(Oc2ccc(F)cc2F)c1CN(C[C@H]1CCCO1)C(=O)C1CC1. The molecule has 0 N–H and O–H groups in total. The average molecular weight is 482 g/mol. The van der Waals surface area contributed by atoms with Crippen LogP contribution >= 0.6 is 0 Å². The number of nitrogens with zero attached hydrogens (tertiary/aromatic N) is 3. The molecule has 184 valence electrons. The summed E-state index contributed by atoms with van der Waals surface area (Å²) >= 11 is 0. The third-order valence-electron chi connectivity index (χ3n) is 6.49. The summed E-state index contributed by atoms with van der Waals surface area (Å²) in [6.45, 7) is 3.47. The van der Waals surface area contributed by atoms with Gasteiger partial charge < -0.3 is 14.4 Å². The summed E-state index contributed by atoms with van der Waals surface area (Å²) in [5, 5.41) is 4.77. The Morgan fingerprint density at radius 1 is 1.17 bits per heavy atom. The van der Waals surface area contributed by atoms with Crippen LogP contribution in [-0.4, -0.2) is 39.8 Å². The van der Waals surface area contributed by atoms with E-state index in [1.807, 2.05) is 42.2 Å². The predicted molar refractivity (Wildman–Crippen MR) is 126 cm³/mol. The van der Waals surface area contributed by atoms with Crippen molar-refractivity contribution in [2.45, 2.75) is 51.7 Å². The van der Waals surface area contributed by atoms with E-state index in [2.05, 4.69) is 0 Å². The van der Waals surface area contributed by atoms with Crippen LogP contribution in [-0.2, 0) is 22.5 Å². The highest BCUT2D eigenvalue weighted by Gasteiger charge is 2.36. The molecule has 1 aromatic heterocycles. The molecule has 1 atom stereocenters. The Labute approximate surface area is 203 Å². The summed E-state index contributed by atoms with van der Waals surface area (Å²) < 4.78 is 41.7. The molecule has 0 bridgehead atoms. The van der Waals surface area contributed by atoms with Crippen molar-refractivity contribution in [1.82, 2.24) is 14.7 Å². The van der Waals surface area contributed by atoms with Gasteiger partial charge in [-0.25, -0.2) is 13.5 Å². The Bertz CT molecular complexity index is 1190. The fourth-order valence-electron chi connectivity index (χ4n) is 4.48. The zero-order chi connectivity index (χ0) is 24.4. The molecule has 1 saturated carbocycles. The summed E-state index contributed by atoms with van der Waals surface area (Å²) in [7, 11) is 0. The number of hydrogen-bond acceptors (Lipinski definition) is 4. The molecule has 2 heterocycles. The number of aromatic nitrogens is 2. The van der Waals surface area contributed by atoms with Crippen LogP contribution in [0.1, 0.15) is 43.9 Å². The van der Waals surface area contributed by atoms with Crippen LogP contribution in [0.15, 0.2) is 48.5 Å². The van der Waals surface area contributed by atoms with Gasteiger partial charge in [-0.2, -0.15) is 5.10 Å². The van der Waals surface area contributed by atoms with Gasteiger partial charge in [0.2, 0.25) is 11.8 Å². The van der Waals surface area contributed by atoms with Crippen LogP contribution in [0.5, 0.6) is 11.6 Å². The van der Waals surface area contributed by atoms with Crippen molar-refractivity contribution in [1.29, 1.82) is 0 Å². The van der Waals surface area contributed by atoms with E-state index in [0.29, 0.717) is 31.0 Å². The van der Waals surface area contributed by atoms with Crippen LogP contribution in [0.2, 0.25) is 0 Å². The topological polar surface area (TPSA) is 56.6 Å². The maximum atomic E-state index is 14.6. The molecular formula is C27H29F2N3O3. The van der Waals surface area contributed by atoms with Gasteiger partial charge in [0, 0.05) is 25.1 Å². The first-order valence-corrected chi connectivity index (χ1v) is 12.2. The monoisotopic (exact) mass is 481 g/mol. The number of amides is 1. The Balaban J connectivity index is 1.56. The first-order valence-electron chi connectivity index (χ1n) is 12.2. The normalized spacial score (nSPS) is 17.5. The highest BCUT2D eigenvalue weighted by atomic mass is 19.1. The van der Waals surface area contributed by atoms with E-state index in [0.717, 1.165) is 49.2 Å². The second-order valence-electron chi connectivity index (χ2n) is 9.14. The summed E-state index contributed by atoms with van der Waals surface area (Å²) in [5.74, 6) is -1.12. The second-order valence-corrected chi connectivity index (χ2v) is 9.14. The molecule has 1 aliphatic heterocycles. The van der Waals surface area contributed by atoms with Crippen molar-refractivity contribution in [3.63, 3.8) is 0 Å². The van der Waals surface area contributed by atoms with E-state index in [-0.39, 0.29) is 30.2 Å². The number of rotatable bonds is 9. The van der Waals surface area contributed by atoms with E-state index < -0.39 is 11.6 Å². The number of benzene rings is 2. The maximum absolute atomic E-state index is 14.6. The quantitative estimate of drug-likeness (QED) is 0.409. The van der Waals surface area contributed by atoms with Gasteiger partial charge in [-0.3, -0.25) is 4.79 Å². The van der Waals surface area contributed by atoms with Crippen molar-refractivity contribution >= 4 is 5.91 Å². The Kier molecular flexibility index (Phi) is 6.81. The second kappa shape index (κ2) is 10.2. The number of carbonyl (C=O) groups excluding carboxylic acids is 1. The fraction of sp³-hybridized carbons (Fsp3) is 0.407. The minimum Gasteiger partial charge on any atom is -0.435 e. The van der Waals surface area contributed by atoms with Crippen LogP contribution in [0.4, 0.5) is 8.78 Å². The fourth-order valence-corrected chi connectivity index (χ4v) is 4.48. The molecule has 2 aliphatic rings. The van der Waals surface area contributed by atoms with Gasteiger partial charge in [0.15, 0.2) is 11.6 Å². The van der Waals surface area contributed by atoms with Crippen molar-refractivity contribution in [2.24, 2.45) is 5.92 Å². The van der Waals surface area contributed by atoms with E-state index in [1.165, 1.54) is 6.07 Å². The third kappa shape index (κ3) is 5.22. The van der Waals surface area contributed by atoms with Crippen molar-refractivity contribution in [2.75, 3.05) is 13.2 Å². The van der Waals surface area contributed by atoms with Gasteiger partial charge in [0.25, 0.3) is 0 Å². The third-order valence-corrected chi connectivity index (χ3v) is 6.49. The predicted octanol–water partition coefficient (Wildman–Crippen LogP) is 5.42. The summed E-state index contributed by atoms with van der Waals surface area (Å²) in [4.78, 5) is 15.1. The summed E-state index contributed by atoms with van der Waals surface area (Å²) in [6.07, 6.45) is 4.31. The molecule has 35 heavy (non-hydrogen) atoms. The largest absolute Gasteiger partial charge is 0.435 e. The van der Waals surface area contributed by atoms with Crippen molar-refractivity contribution < 1.29 is 23.0 Å². The van der Waals surface area contributed by atoms with Crippen molar-refractivity contribution in [3.05, 3.63) is 71.4 Å². The molecular weight excluding hydrogens is 452 g/mol. The molecule has 2 aromatic carbocycles. The van der Waals surface area contributed by atoms with Gasteiger partial charge in [0.1, 0.15) is 5.82 Å². The highest BCUT2D eigenvalue weighted by molar-refractivity contribution is 5.81. The molecule has 1 amide bonds. The lowest BCUT2D eigenvalue weighted by molar-refractivity contribution is -0.134. The molecule has 0 unspecified atom stereocenters. The number of aryl methyl sites for hydroxylation is 1. The lowest BCUT2D eigenvalue weighted by Crippen LogP contribution is -2.38. The van der Waals surface area contributed by atoms with E-state index in [1.54, 1.807) is 4.68 Å². The van der Waals surface area contributed by atoms with E-state index in [9.17, 15) is 13.6 Å². The van der Waals surface area contributed by atoms with Crippen LogP contribution in [0.25, 0.3) is 5.69 Å². The standard InChI is InChI=1S/C27H29F2N3O3/c1-2-24-22(17-31(26(33)18-10-11-18)16-21-9-6-14-34-21)27(32(30-24)20-7-4-3-5-8-20)35-25-13-12-19(28)15-23(25)29/h3-5,7-8,12-13,15,18,21H,2,6,9-11,14,16-17H2,1H3/t21-/m1/s1. The molecule has 3 aromatic rings. The van der Waals surface area contributed by atoms with Crippen LogP contribution in [0.3, 0.4) is 0 Å². The zero-order valence-electron chi connectivity index (χ0n) is 19.8. The highest BCUT2D eigenvalue weighted by Crippen LogP contribution is 2.36. The Morgan fingerprint density at radius 3 is 2.63 bits per heavy atom. The zero-order valence-corrected chi connectivity index (χ0v) is 19.8. The number of ether oxygens (including phenoxy) is 2. The van der Waals surface area contributed by atoms with E-state index >= 15 is 0 Å². The summed E-state index contributed by atoms with van der Waals surface area (Å²) in [6, 6.07) is 12.6. The van der Waals surface area contributed by atoms with Gasteiger partial charge in [0.05, 0.1) is 29.6 Å². The van der Waals surface area contributed by atoms with Gasteiger partial charge >= 0.3 is 0 Å². The Morgan fingerprint density at radius 2 is 1.97 bits per heavy atom. The molecule has 2 fully saturated rings. The average Bonchev–Trinajstić information content (AvgIpc) is 3.48. The molecule has 1 aliphatic carbocycles. The molecule has 8 heteroatoms. The van der Waals surface area contributed by atoms with Crippen LogP contribution in [0, 0.1) is 17.6 Å². The van der Waals surface area contributed by atoms with Gasteiger partial charge in [-0.15, -0.1) is 0 Å². The lowest BCUT2D eigenvalue weighted by Gasteiger charge is -2.26. The number of hydrogen-bond donors (Lipinski definition) is 0. The minimum absolute atomic E-state index is 0.00542. The van der Waals surface area contributed by atoms with E-state index in [4.69, 9.17) is 14.6 Å². The molecule has 5 rings (SSSR count). The van der Waals surface area contributed by atoms with Crippen molar-refractivity contribution in [3.8, 4) is 17.3 Å². The van der Waals surface area contributed by atoms with Gasteiger partial charge in [-0.05, 0) is 56.4 Å². The minimum atomic E-state index is -0.805. The molecule has 0 radical (unpaired) electrons. The van der Waals surface area contributed by atoms with Crippen LogP contribution < -0.4 is 4.74 Å². The number of carbonyl (C=O) groups is 1. The maximum Gasteiger partial charge on any atom is 0.228 e. The molecule has 1 saturated heterocycles. The number of halogens is 2. The van der Waals surface area contributed by atoms with Gasteiger partial charge in [-0.1, -0.05) is 25.1 Å². The number of para-hydroxylation sites is 1. The first kappa shape index (κ1) is 23.5. The Hall–Kier alpha value is -3.26. The lowest BCUT2D eigenvalue weighted by atomic mass is 10.1. The first-order chi connectivity index (χ1) is 17.0. The smallest absolute Gasteiger partial charge is 0.228 e. The molecule has 6 nitrogen and oxygen atoms in total. The summed E-state index contributed by atoms with van der Waals surface area (Å²) in [5.41, 5.74) is 2.21. The molecule has 0 spiro atoms.